The summed E-state index contributed by atoms with van der Waals surface area (Å²) in [6.45, 7) is 6.31. The van der Waals surface area contributed by atoms with E-state index in [-0.39, 0.29) is 5.92 Å². The van der Waals surface area contributed by atoms with E-state index in [9.17, 15) is 5.26 Å². The van der Waals surface area contributed by atoms with Crippen molar-refractivity contribution in [2.45, 2.75) is 33.1 Å². The quantitative estimate of drug-likeness (QED) is 0.767. The molecule has 0 saturated carbocycles. The summed E-state index contributed by atoms with van der Waals surface area (Å²) in [4.78, 5) is 0. The Hall–Kier alpha value is -1.78. The van der Waals surface area contributed by atoms with E-state index in [0.29, 0.717) is 11.4 Å². The molecule has 0 aromatic heterocycles. The molecule has 2 rings (SSSR count). The third-order valence-corrected chi connectivity index (χ3v) is 4.03. The van der Waals surface area contributed by atoms with Crippen LogP contribution in [-0.4, -0.2) is 0 Å². The van der Waals surface area contributed by atoms with Crippen LogP contribution < -0.4 is 0 Å². The van der Waals surface area contributed by atoms with Gasteiger partial charge in [-0.3, -0.25) is 0 Å². The predicted molar refractivity (Wildman–Crippen MR) is 84.2 cm³/mol. The molecule has 0 radical (unpaired) electrons. The van der Waals surface area contributed by atoms with Gasteiger partial charge in [0.15, 0.2) is 0 Å². The Morgan fingerprint density at radius 2 is 1.70 bits per heavy atom. The number of benzene rings is 2. The lowest BCUT2D eigenvalue weighted by atomic mass is 9.88. The minimum Gasteiger partial charge on any atom is -0.198 e. The standard InChI is InChI=1S/C18H18ClN/c1-12-8-13(2)17(14(3)9-12)10-15(11-20)16-6-4-5-7-18(16)19/h4-9,15H,10H2,1-3H3. The van der Waals surface area contributed by atoms with Crippen molar-refractivity contribution in [1.29, 1.82) is 5.26 Å². The summed E-state index contributed by atoms with van der Waals surface area (Å²) in [5.74, 6) is -0.205. The van der Waals surface area contributed by atoms with E-state index in [1.165, 1.54) is 22.3 Å². The second-order valence-electron chi connectivity index (χ2n) is 5.28. The first-order valence-corrected chi connectivity index (χ1v) is 7.11. The van der Waals surface area contributed by atoms with Crippen LogP contribution >= 0.6 is 11.6 Å². The average molecular weight is 284 g/mol. The van der Waals surface area contributed by atoms with Crippen LogP contribution in [-0.2, 0) is 6.42 Å². The van der Waals surface area contributed by atoms with Crippen molar-refractivity contribution in [2.75, 3.05) is 0 Å². The summed E-state index contributed by atoms with van der Waals surface area (Å²) in [7, 11) is 0. The molecule has 1 nitrogen and oxygen atoms in total. The minimum atomic E-state index is -0.205. The summed E-state index contributed by atoms with van der Waals surface area (Å²) < 4.78 is 0. The second kappa shape index (κ2) is 6.11. The summed E-state index contributed by atoms with van der Waals surface area (Å²) >= 11 is 6.22. The molecule has 0 bridgehead atoms. The third-order valence-electron chi connectivity index (χ3n) is 3.69. The Kier molecular flexibility index (Phi) is 4.47. The van der Waals surface area contributed by atoms with E-state index in [1.54, 1.807) is 0 Å². The fraction of sp³-hybridized carbons (Fsp3) is 0.278. The number of halogens is 1. The van der Waals surface area contributed by atoms with Crippen LogP contribution in [0, 0.1) is 32.1 Å². The smallest absolute Gasteiger partial charge is 0.0767 e. The molecular weight excluding hydrogens is 266 g/mol. The summed E-state index contributed by atoms with van der Waals surface area (Å²) in [6.07, 6.45) is 0.707. The molecule has 2 aromatic rings. The zero-order chi connectivity index (χ0) is 14.7. The first kappa shape index (κ1) is 14.6. The van der Waals surface area contributed by atoms with E-state index in [1.807, 2.05) is 24.3 Å². The van der Waals surface area contributed by atoms with Crippen LogP contribution in [0.5, 0.6) is 0 Å². The Labute approximate surface area is 125 Å². The zero-order valence-corrected chi connectivity index (χ0v) is 12.8. The number of nitrogens with zero attached hydrogens (tertiary/aromatic N) is 1. The third kappa shape index (κ3) is 3.03. The van der Waals surface area contributed by atoms with Crippen molar-refractivity contribution in [3.63, 3.8) is 0 Å². The Bertz CT molecular complexity index is 644. The fourth-order valence-corrected chi connectivity index (χ4v) is 2.99. The monoisotopic (exact) mass is 283 g/mol. The van der Waals surface area contributed by atoms with Gasteiger partial charge in [0.25, 0.3) is 0 Å². The van der Waals surface area contributed by atoms with E-state index in [2.05, 4.69) is 39.0 Å². The maximum absolute atomic E-state index is 9.49. The highest BCUT2D eigenvalue weighted by molar-refractivity contribution is 6.31. The van der Waals surface area contributed by atoms with Gasteiger partial charge in [0, 0.05) is 5.02 Å². The summed E-state index contributed by atoms with van der Waals surface area (Å²) in [5, 5.41) is 10.2. The van der Waals surface area contributed by atoms with Gasteiger partial charge in [-0.2, -0.15) is 5.26 Å². The lowest BCUT2D eigenvalue weighted by Gasteiger charge is -2.16. The molecule has 0 saturated heterocycles. The van der Waals surface area contributed by atoms with Crippen LogP contribution in [0.1, 0.15) is 33.7 Å². The predicted octanol–water partition coefficient (Wildman–Crippen LogP) is 5.12. The fourth-order valence-electron chi connectivity index (χ4n) is 2.72. The normalized spacial score (nSPS) is 11.9. The first-order chi connectivity index (χ1) is 9.52. The topological polar surface area (TPSA) is 23.8 Å². The van der Waals surface area contributed by atoms with Gasteiger partial charge < -0.3 is 0 Å². The van der Waals surface area contributed by atoms with Gasteiger partial charge in [-0.05, 0) is 55.5 Å². The van der Waals surface area contributed by atoms with E-state index in [0.717, 1.165) is 5.56 Å². The van der Waals surface area contributed by atoms with Crippen LogP contribution in [0.25, 0.3) is 0 Å². The maximum Gasteiger partial charge on any atom is 0.0767 e. The van der Waals surface area contributed by atoms with Crippen LogP contribution in [0.3, 0.4) is 0 Å². The van der Waals surface area contributed by atoms with Crippen molar-refractivity contribution in [3.05, 3.63) is 69.2 Å². The minimum absolute atomic E-state index is 0.205. The van der Waals surface area contributed by atoms with Crippen molar-refractivity contribution in [1.82, 2.24) is 0 Å². The van der Waals surface area contributed by atoms with Gasteiger partial charge in [-0.15, -0.1) is 0 Å². The molecule has 0 aliphatic rings. The Morgan fingerprint density at radius 1 is 1.10 bits per heavy atom. The molecule has 20 heavy (non-hydrogen) atoms. The number of aryl methyl sites for hydroxylation is 3. The lowest BCUT2D eigenvalue weighted by molar-refractivity contribution is 0.836. The van der Waals surface area contributed by atoms with E-state index >= 15 is 0 Å². The van der Waals surface area contributed by atoms with Crippen molar-refractivity contribution < 1.29 is 0 Å². The molecule has 1 atom stereocenters. The molecule has 0 amide bonds. The Balaban J connectivity index is 2.38. The molecule has 0 heterocycles. The highest BCUT2D eigenvalue weighted by Gasteiger charge is 2.17. The molecule has 2 heteroatoms. The van der Waals surface area contributed by atoms with E-state index in [4.69, 9.17) is 11.6 Å². The summed E-state index contributed by atoms with van der Waals surface area (Å²) in [6, 6.07) is 14.3. The van der Waals surface area contributed by atoms with Crippen molar-refractivity contribution in [3.8, 4) is 6.07 Å². The van der Waals surface area contributed by atoms with E-state index < -0.39 is 0 Å². The van der Waals surface area contributed by atoms with Crippen LogP contribution in [0.2, 0.25) is 5.02 Å². The molecule has 0 N–H and O–H groups in total. The average Bonchev–Trinajstić information content (AvgIpc) is 2.39. The zero-order valence-electron chi connectivity index (χ0n) is 12.1. The maximum atomic E-state index is 9.49. The highest BCUT2D eigenvalue weighted by atomic mass is 35.5. The number of hydrogen-bond acceptors (Lipinski definition) is 1. The Morgan fingerprint density at radius 3 is 2.25 bits per heavy atom. The van der Waals surface area contributed by atoms with Gasteiger partial charge in [0.05, 0.1) is 12.0 Å². The molecule has 102 valence electrons. The molecule has 0 aliphatic carbocycles. The first-order valence-electron chi connectivity index (χ1n) is 6.73. The summed E-state index contributed by atoms with van der Waals surface area (Å²) in [5.41, 5.74) is 5.91. The molecular formula is C18H18ClN. The van der Waals surface area contributed by atoms with Gasteiger partial charge in [0.1, 0.15) is 0 Å². The number of hydrogen-bond donors (Lipinski definition) is 0. The van der Waals surface area contributed by atoms with Gasteiger partial charge in [-0.1, -0.05) is 47.5 Å². The molecule has 2 aromatic carbocycles. The van der Waals surface area contributed by atoms with Crippen LogP contribution in [0.4, 0.5) is 0 Å². The van der Waals surface area contributed by atoms with Crippen LogP contribution in [0.15, 0.2) is 36.4 Å². The SMILES string of the molecule is Cc1cc(C)c(CC(C#N)c2ccccc2Cl)c(C)c1. The number of nitriles is 1. The molecule has 0 spiro atoms. The van der Waals surface area contributed by atoms with Gasteiger partial charge in [-0.25, -0.2) is 0 Å². The molecule has 1 unspecified atom stereocenters. The highest BCUT2D eigenvalue weighted by Crippen LogP contribution is 2.29. The number of rotatable bonds is 3. The largest absolute Gasteiger partial charge is 0.198 e. The second-order valence-corrected chi connectivity index (χ2v) is 5.69. The molecule has 0 fully saturated rings. The van der Waals surface area contributed by atoms with Crippen molar-refractivity contribution in [2.24, 2.45) is 0 Å². The lowest BCUT2D eigenvalue weighted by Crippen LogP contribution is -2.05. The van der Waals surface area contributed by atoms with Crippen molar-refractivity contribution >= 4 is 11.6 Å². The molecule has 0 aliphatic heterocycles. The van der Waals surface area contributed by atoms with Gasteiger partial charge in [0.2, 0.25) is 0 Å². The van der Waals surface area contributed by atoms with Gasteiger partial charge >= 0.3 is 0 Å².